The molecule has 1 aliphatic rings. The normalized spacial score (nSPS) is 16.2. The smallest absolute Gasteiger partial charge is 0.240 e. The third-order valence-corrected chi connectivity index (χ3v) is 5.11. The van der Waals surface area contributed by atoms with Gasteiger partial charge in [0.1, 0.15) is 5.75 Å². The van der Waals surface area contributed by atoms with Crippen LogP contribution in [0.25, 0.3) is 0 Å². The van der Waals surface area contributed by atoms with Crippen LogP contribution in [0.2, 0.25) is 0 Å². The van der Waals surface area contributed by atoms with Crippen LogP contribution in [-0.4, -0.2) is 46.6 Å². The molecule has 6 nitrogen and oxygen atoms in total. The van der Waals surface area contributed by atoms with Gasteiger partial charge < -0.3 is 15.4 Å². The lowest BCUT2D eigenvalue weighted by Crippen LogP contribution is -2.28. The first-order valence-electron chi connectivity index (χ1n) is 7.18. The molecule has 2 rings (SSSR count). The maximum Gasteiger partial charge on any atom is 0.240 e. The van der Waals surface area contributed by atoms with Gasteiger partial charge in [0.25, 0.3) is 0 Å². The summed E-state index contributed by atoms with van der Waals surface area (Å²) < 4.78 is 32.0. The number of methoxy groups -OCH3 is 1. The number of nitrogens with zero attached hydrogens (tertiary/aromatic N) is 1. The van der Waals surface area contributed by atoms with Gasteiger partial charge >= 0.3 is 0 Å². The lowest BCUT2D eigenvalue weighted by Gasteiger charge is -2.14. The van der Waals surface area contributed by atoms with Crippen LogP contribution in [0, 0.1) is 0 Å². The molecule has 21 heavy (non-hydrogen) atoms. The fourth-order valence-electron chi connectivity index (χ4n) is 2.48. The fraction of sp³-hybridized carbons (Fsp3) is 0.571. The van der Waals surface area contributed by atoms with Crippen molar-refractivity contribution < 1.29 is 13.2 Å². The third-order valence-electron chi connectivity index (χ3n) is 3.65. The first-order chi connectivity index (χ1) is 10.0. The number of nitrogen functional groups attached to an aromatic ring is 1. The summed E-state index contributed by atoms with van der Waals surface area (Å²) in [6.07, 6.45) is 3.30. The second-order valence-electron chi connectivity index (χ2n) is 5.20. The second-order valence-corrected chi connectivity index (χ2v) is 6.97. The summed E-state index contributed by atoms with van der Waals surface area (Å²) in [6, 6.07) is 4.48. The maximum absolute atomic E-state index is 12.2. The summed E-state index contributed by atoms with van der Waals surface area (Å²) >= 11 is 0. The molecule has 1 aromatic carbocycles. The van der Waals surface area contributed by atoms with Crippen molar-refractivity contribution in [2.45, 2.75) is 24.2 Å². The van der Waals surface area contributed by atoms with Crippen molar-refractivity contribution >= 4 is 15.7 Å². The Morgan fingerprint density at radius 2 is 2.05 bits per heavy atom. The number of rotatable bonds is 7. The van der Waals surface area contributed by atoms with E-state index in [0.717, 1.165) is 26.1 Å². The zero-order valence-electron chi connectivity index (χ0n) is 12.3. The van der Waals surface area contributed by atoms with Gasteiger partial charge in [-0.05, 0) is 57.1 Å². The molecule has 118 valence electrons. The van der Waals surface area contributed by atoms with Gasteiger partial charge in [0.15, 0.2) is 0 Å². The van der Waals surface area contributed by atoms with E-state index in [1.54, 1.807) is 6.07 Å². The zero-order valence-corrected chi connectivity index (χ0v) is 13.2. The lowest BCUT2D eigenvalue weighted by atomic mass is 10.3. The fourth-order valence-corrected chi connectivity index (χ4v) is 3.59. The predicted octanol–water partition coefficient (Wildman–Crippen LogP) is 1.04. The van der Waals surface area contributed by atoms with Crippen LogP contribution >= 0.6 is 0 Å². The Morgan fingerprint density at radius 1 is 1.33 bits per heavy atom. The largest absolute Gasteiger partial charge is 0.495 e. The molecule has 0 aliphatic carbocycles. The van der Waals surface area contributed by atoms with Crippen molar-refractivity contribution in [1.82, 2.24) is 9.62 Å². The molecule has 0 aromatic heterocycles. The van der Waals surface area contributed by atoms with Crippen molar-refractivity contribution in [2.24, 2.45) is 0 Å². The van der Waals surface area contributed by atoms with Crippen molar-refractivity contribution in [1.29, 1.82) is 0 Å². The van der Waals surface area contributed by atoms with Gasteiger partial charge in [-0.1, -0.05) is 0 Å². The molecule has 1 fully saturated rings. The van der Waals surface area contributed by atoms with Crippen LogP contribution in [0.5, 0.6) is 5.75 Å². The first-order valence-corrected chi connectivity index (χ1v) is 8.67. The minimum atomic E-state index is -3.51. The average Bonchev–Trinajstić information content (AvgIpc) is 2.97. The molecule has 1 aliphatic heterocycles. The molecule has 1 aromatic rings. The highest BCUT2D eigenvalue weighted by molar-refractivity contribution is 7.89. The van der Waals surface area contributed by atoms with Gasteiger partial charge in [0.2, 0.25) is 10.0 Å². The van der Waals surface area contributed by atoms with E-state index in [0.29, 0.717) is 18.0 Å². The molecule has 0 saturated carbocycles. The number of benzene rings is 1. The van der Waals surface area contributed by atoms with Crippen LogP contribution in [0.4, 0.5) is 5.69 Å². The van der Waals surface area contributed by atoms with Gasteiger partial charge in [-0.25, -0.2) is 13.1 Å². The molecule has 0 radical (unpaired) electrons. The van der Waals surface area contributed by atoms with Crippen LogP contribution in [0.3, 0.4) is 0 Å². The van der Waals surface area contributed by atoms with Crippen LogP contribution in [0.15, 0.2) is 23.1 Å². The summed E-state index contributed by atoms with van der Waals surface area (Å²) in [7, 11) is -2.01. The molecule has 0 amide bonds. The molecule has 1 heterocycles. The highest BCUT2D eigenvalue weighted by Gasteiger charge is 2.16. The summed E-state index contributed by atoms with van der Waals surface area (Å²) in [4.78, 5) is 2.53. The number of sulfonamides is 1. The highest BCUT2D eigenvalue weighted by Crippen LogP contribution is 2.24. The molecule has 3 N–H and O–H groups in total. The van der Waals surface area contributed by atoms with Gasteiger partial charge in [-0.2, -0.15) is 0 Å². The van der Waals surface area contributed by atoms with E-state index in [2.05, 4.69) is 9.62 Å². The quantitative estimate of drug-likeness (QED) is 0.580. The number of likely N-dealkylation sites (tertiary alicyclic amines) is 1. The van der Waals surface area contributed by atoms with E-state index in [9.17, 15) is 8.42 Å². The molecule has 0 bridgehead atoms. The monoisotopic (exact) mass is 313 g/mol. The summed E-state index contributed by atoms with van der Waals surface area (Å²) in [6.45, 7) is 3.63. The molecular weight excluding hydrogens is 290 g/mol. The van der Waals surface area contributed by atoms with E-state index < -0.39 is 10.0 Å². The van der Waals surface area contributed by atoms with Crippen LogP contribution < -0.4 is 15.2 Å². The Morgan fingerprint density at radius 3 is 2.67 bits per heavy atom. The SMILES string of the molecule is COc1ccc(S(=O)(=O)NCCCN2CCCC2)cc1N. The Hall–Kier alpha value is -1.31. The number of anilines is 1. The topological polar surface area (TPSA) is 84.7 Å². The third kappa shape index (κ3) is 4.33. The number of hydrogen-bond acceptors (Lipinski definition) is 5. The zero-order chi connectivity index (χ0) is 15.3. The van der Waals surface area contributed by atoms with Crippen LogP contribution in [0.1, 0.15) is 19.3 Å². The van der Waals surface area contributed by atoms with Crippen molar-refractivity contribution in [3.63, 3.8) is 0 Å². The van der Waals surface area contributed by atoms with Crippen molar-refractivity contribution in [2.75, 3.05) is 39.0 Å². The average molecular weight is 313 g/mol. The summed E-state index contributed by atoms with van der Waals surface area (Å²) in [5, 5.41) is 0. The maximum atomic E-state index is 12.2. The first kappa shape index (κ1) is 16.1. The second kappa shape index (κ2) is 7.11. The molecule has 0 atom stereocenters. The number of ether oxygens (including phenoxy) is 1. The van der Waals surface area contributed by atoms with Gasteiger partial charge in [-0.15, -0.1) is 0 Å². The summed E-state index contributed by atoms with van der Waals surface area (Å²) in [5.41, 5.74) is 6.06. The predicted molar refractivity (Wildman–Crippen MR) is 82.9 cm³/mol. The molecule has 7 heteroatoms. The van der Waals surface area contributed by atoms with E-state index in [4.69, 9.17) is 10.5 Å². The lowest BCUT2D eigenvalue weighted by molar-refractivity contribution is 0.334. The van der Waals surface area contributed by atoms with E-state index in [-0.39, 0.29) is 4.90 Å². The molecule has 0 unspecified atom stereocenters. The standard InChI is InChI=1S/C14H23N3O3S/c1-20-14-6-5-12(11-13(14)15)21(18,19)16-7-4-10-17-8-2-3-9-17/h5-6,11,16H,2-4,7-10,15H2,1H3. The highest BCUT2D eigenvalue weighted by atomic mass is 32.2. The Bertz CT molecular complexity index is 569. The molecule has 0 spiro atoms. The van der Waals surface area contributed by atoms with E-state index >= 15 is 0 Å². The van der Waals surface area contributed by atoms with Crippen molar-refractivity contribution in [3.8, 4) is 5.75 Å². The van der Waals surface area contributed by atoms with Gasteiger partial charge in [0, 0.05) is 6.54 Å². The van der Waals surface area contributed by atoms with Gasteiger partial charge in [-0.3, -0.25) is 0 Å². The number of nitrogens with two attached hydrogens (primary N) is 1. The molecule has 1 saturated heterocycles. The van der Waals surface area contributed by atoms with E-state index in [1.807, 2.05) is 0 Å². The Balaban J connectivity index is 1.87. The van der Waals surface area contributed by atoms with Gasteiger partial charge in [0.05, 0.1) is 17.7 Å². The Kier molecular flexibility index (Phi) is 5.44. The number of nitrogens with one attached hydrogen (secondary N) is 1. The van der Waals surface area contributed by atoms with Crippen LogP contribution in [-0.2, 0) is 10.0 Å². The Labute approximate surface area is 126 Å². The summed E-state index contributed by atoms with van der Waals surface area (Å²) in [5.74, 6) is 0.475. The molecular formula is C14H23N3O3S. The van der Waals surface area contributed by atoms with E-state index in [1.165, 1.54) is 32.1 Å². The minimum absolute atomic E-state index is 0.168. The van der Waals surface area contributed by atoms with Crippen molar-refractivity contribution in [3.05, 3.63) is 18.2 Å². The number of hydrogen-bond donors (Lipinski definition) is 2. The minimum Gasteiger partial charge on any atom is -0.495 e.